The predicted octanol–water partition coefficient (Wildman–Crippen LogP) is 3.47. The Kier molecular flexibility index (Phi) is 5.36. The van der Waals surface area contributed by atoms with Crippen LogP contribution >= 0.6 is 0 Å². The van der Waals surface area contributed by atoms with E-state index < -0.39 is 6.04 Å². The van der Waals surface area contributed by atoms with Gasteiger partial charge in [-0.25, -0.2) is 9.18 Å². The average molecular weight is 357 g/mol. The third-order valence-electron chi connectivity index (χ3n) is 4.27. The number of nitrogens with zero attached hydrogens (tertiary/aromatic N) is 1. The zero-order valence-electron chi connectivity index (χ0n) is 14.4. The van der Waals surface area contributed by atoms with E-state index in [0.29, 0.717) is 30.1 Å². The number of hydrogen-bond acceptors (Lipinski definition) is 3. The summed E-state index contributed by atoms with van der Waals surface area (Å²) in [5.41, 5.74) is 1.12. The number of methoxy groups -OCH3 is 1. The number of likely N-dealkylation sites (tertiary alicyclic amines) is 1. The second-order valence-corrected chi connectivity index (χ2v) is 6.01. The molecule has 2 N–H and O–H groups in total. The van der Waals surface area contributed by atoms with E-state index in [0.717, 1.165) is 6.42 Å². The molecule has 1 aliphatic heterocycles. The molecule has 1 heterocycles. The first-order valence-corrected chi connectivity index (χ1v) is 8.35. The number of rotatable bonds is 4. The highest BCUT2D eigenvalue weighted by molar-refractivity contribution is 5.99. The van der Waals surface area contributed by atoms with Crippen LogP contribution in [-0.2, 0) is 4.79 Å². The molecule has 1 fully saturated rings. The van der Waals surface area contributed by atoms with Crippen molar-refractivity contribution in [3.63, 3.8) is 0 Å². The van der Waals surface area contributed by atoms with E-state index >= 15 is 0 Å². The lowest BCUT2D eigenvalue weighted by Crippen LogP contribution is -2.45. The van der Waals surface area contributed by atoms with Gasteiger partial charge in [-0.3, -0.25) is 4.79 Å². The molecule has 3 amide bonds. The summed E-state index contributed by atoms with van der Waals surface area (Å²) in [5, 5.41) is 5.52. The maximum atomic E-state index is 13.0. The third-order valence-corrected chi connectivity index (χ3v) is 4.27. The van der Waals surface area contributed by atoms with Crippen molar-refractivity contribution in [3.05, 3.63) is 54.3 Å². The van der Waals surface area contributed by atoms with Gasteiger partial charge in [0.2, 0.25) is 5.91 Å². The van der Waals surface area contributed by atoms with Gasteiger partial charge in [-0.05, 0) is 61.4 Å². The highest BCUT2D eigenvalue weighted by atomic mass is 19.1. The molecule has 1 aliphatic rings. The molecule has 0 spiro atoms. The Morgan fingerprint density at radius 2 is 1.65 bits per heavy atom. The Bertz CT molecular complexity index is 778. The van der Waals surface area contributed by atoms with Gasteiger partial charge in [0.15, 0.2) is 0 Å². The minimum atomic E-state index is -0.557. The monoisotopic (exact) mass is 357 g/mol. The van der Waals surface area contributed by atoms with Crippen molar-refractivity contribution in [1.29, 1.82) is 0 Å². The van der Waals surface area contributed by atoms with Crippen LogP contribution in [0.3, 0.4) is 0 Å². The Morgan fingerprint density at radius 3 is 2.31 bits per heavy atom. The van der Waals surface area contributed by atoms with Crippen molar-refractivity contribution in [2.45, 2.75) is 18.9 Å². The van der Waals surface area contributed by atoms with Crippen LogP contribution in [0.15, 0.2) is 48.5 Å². The maximum Gasteiger partial charge on any atom is 0.322 e. The van der Waals surface area contributed by atoms with Gasteiger partial charge in [0, 0.05) is 17.9 Å². The van der Waals surface area contributed by atoms with Crippen molar-refractivity contribution in [1.82, 2.24) is 4.90 Å². The van der Waals surface area contributed by atoms with Crippen LogP contribution in [0.5, 0.6) is 5.75 Å². The SMILES string of the molecule is COc1ccc(NC(=O)N2CCC[C@H]2C(=O)Nc2ccc(F)cc2)cc1. The number of benzene rings is 2. The van der Waals surface area contributed by atoms with Gasteiger partial charge in [-0.2, -0.15) is 0 Å². The summed E-state index contributed by atoms with van der Waals surface area (Å²) in [6.45, 7) is 0.503. The molecule has 0 aromatic heterocycles. The fourth-order valence-electron chi connectivity index (χ4n) is 2.91. The fourth-order valence-corrected chi connectivity index (χ4v) is 2.91. The number of halogens is 1. The minimum absolute atomic E-state index is 0.279. The molecule has 0 radical (unpaired) electrons. The van der Waals surface area contributed by atoms with E-state index in [9.17, 15) is 14.0 Å². The normalized spacial score (nSPS) is 16.2. The van der Waals surface area contributed by atoms with Crippen molar-refractivity contribution >= 4 is 23.3 Å². The van der Waals surface area contributed by atoms with E-state index in [1.54, 1.807) is 31.4 Å². The van der Waals surface area contributed by atoms with Crippen LogP contribution < -0.4 is 15.4 Å². The van der Waals surface area contributed by atoms with Crippen molar-refractivity contribution in [2.75, 3.05) is 24.3 Å². The van der Waals surface area contributed by atoms with Gasteiger partial charge >= 0.3 is 6.03 Å². The number of carbonyl (C=O) groups is 2. The Labute approximate surface area is 150 Å². The number of nitrogens with one attached hydrogen (secondary N) is 2. The second-order valence-electron chi connectivity index (χ2n) is 6.01. The largest absolute Gasteiger partial charge is 0.497 e. The van der Waals surface area contributed by atoms with Gasteiger partial charge in [0.05, 0.1) is 7.11 Å². The quantitative estimate of drug-likeness (QED) is 0.880. The fraction of sp³-hybridized carbons (Fsp3) is 0.263. The molecule has 2 aromatic rings. The predicted molar refractivity (Wildman–Crippen MR) is 96.8 cm³/mol. The topological polar surface area (TPSA) is 70.7 Å². The number of hydrogen-bond donors (Lipinski definition) is 2. The maximum absolute atomic E-state index is 13.0. The van der Waals surface area contributed by atoms with Crippen molar-refractivity contribution in [2.24, 2.45) is 0 Å². The van der Waals surface area contributed by atoms with Crippen LogP contribution in [0, 0.1) is 5.82 Å². The Morgan fingerprint density at radius 1 is 1.04 bits per heavy atom. The number of anilines is 2. The molecule has 2 aromatic carbocycles. The van der Waals surface area contributed by atoms with Crippen LogP contribution in [0.4, 0.5) is 20.6 Å². The van der Waals surface area contributed by atoms with E-state index in [1.807, 2.05) is 0 Å². The van der Waals surface area contributed by atoms with Crippen LogP contribution in [0.1, 0.15) is 12.8 Å². The summed E-state index contributed by atoms with van der Waals surface area (Å²) in [4.78, 5) is 26.6. The summed E-state index contributed by atoms with van der Waals surface area (Å²) >= 11 is 0. The van der Waals surface area contributed by atoms with Gasteiger partial charge in [-0.1, -0.05) is 0 Å². The molecule has 0 aliphatic carbocycles. The molecule has 7 heteroatoms. The number of amides is 3. The first kappa shape index (κ1) is 17.7. The first-order chi connectivity index (χ1) is 12.6. The van der Waals surface area contributed by atoms with Gasteiger partial charge in [0.1, 0.15) is 17.6 Å². The molecule has 1 atom stereocenters. The molecule has 0 saturated carbocycles. The van der Waals surface area contributed by atoms with Crippen molar-refractivity contribution < 1.29 is 18.7 Å². The Balaban J connectivity index is 1.63. The van der Waals surface area contributed by atoms with Crippen LogP contribution in [-0.4, -0.2) is 36.5 Å². The zero-order valence-corrected chi connectivity index (χ0v) is 14.4. The molecule has 6 nitrogen and oxygen atoms in total. The standard InChI is InChI=1S/C19H20FN3O3/c1-26-16-10-8-15(9-11-16)22-19(25)23-12-2-3-17(23)18(24)21-14-6-4-13(20)5-7-14/h4-11,17H,2-3,12H2,1H3,(H,21,24)(H,22,25)/t17-/m0/s1. The minimum Gasteiger partial charge on any atom is -0.497 e. The lowest BCUT2D eigenvalue weighted by Gasteiger charge is -2.24. The van der Waals surface area contributed by atoms with E-state index in [2.05, 4.69) is 10.6 Å². The summed E-state index contributed by atoms with van der Waals surface area (Å²) in [7, 11) is 1.57. The summed E-state index contributed by atoms with van der Waals surface area (Å²) in [6, 6.07) is 11.6. The number of ether oxygens (including phenoxy) is 1. The highest BCUT2D eigenvalue weighted by Crippen LogP contribution is 2.22. The number of carbonyl (C=O) groups excluding carboxylic acids is 2. The first-order valence-electron chi connectivity index (χ1n) is 8.35. The lowest BCUT2D eigenvalue weighted by atomic mass is 10.2. The molecule has 26 heavy (non-hydrogen) atoms. The van der Waals surface area contributed by atoms with E-state index in [-0.39, 0.29) is 17.8 Å². The zero-order chi connectivity index (χ0) is 18.5. The smallest absolute Gasteiger partial charge is 0.322 e. The van der Waals surface area contributed by atoms with Crippen LogP contribution in [0.25, 0.3) is 0 Å². The number of urea groups is 1. The Hall–Kier alpha value is -3.09. The summed E-state index contributed by atoms with van der Waals surface area (Å²) < 4.78 is 18.1. The molecule has 0 bridgehead atoms. The van der Waals surface area contributed by atoms with Gasteiger partial charge < -0.3 is 20.3 Å². The molecule has 1 saturated heterocycles. The molecule has 0 unspecified atom stereocenters. The van der Waals surface area contributed by atoms with Crippen LogP contribution in [0.2, 0.25) is 0 Å². The summed E-state index contributed by atoms with van der Waals surface area (Å²) in [5.74, 6) is 0.0454. The van der Waals surface area contributed by atoms with Crippen molar-refractivity contribution in [3.8, 4) is 5.75 Å². The highest BCUT2D eigenvalue weighted by Gasteiger charge is 2.34. The van der Waals surface area contributed by atoms with E-state index in [1.165, 1.54) is 29.2 Å². The molecule has 3 rings (SSSR count). The van der Waals surface area contributed by atoms with E-state index in [4.69, 9.17) is 4.74 Å². The molecule has 136 valence electrons. The van der Waals surface area contributed by atoms with Gasteiger partial charge in [-0.15, -0.1) is 0 Å². The molecular weight excluding hydrogens is 337 g/mol. The summed E-state index contributed by atoms with van der Waals surface area (Å²) in [6.07, 6.45) is 1.33. The average Bonchev–Trinajstić information content (AvgIpc) is 3.14. The van der Waals surface area contributed by atoms with Gasteiger partial charge in [0.25, 0.3) is 0 Å². The molecular formula is C19H20FN3O3. The second kappa shape index (κ2) is 7.86. The third kappa shape index (κ3) is 4.11. The lowest BCUT2D eigenvalue weighted by molar-refractivity contribution is -0.119.